The van der Waals surface area contributed by atoms with Gasteiger partial charge in [0, 0.05) is 68.9 Å². The van der Waals surface area contributed by atoms with Crippen molar-refractivity contribution in [3.63, 3.8) is 0 Å². The van der Waals surface area contributed by atoms with Gasteiger partial charge in [-0.25, -0.2) is 0 Å². The van der Waals surface area contributed by atoms with Gasteiger partial charge in [-0.2, -0.15) is 5.10 Å². The summed E-state index contributed by atoms with van der Waals surface area (Å²) < 4.78 is 13.4. The molecular formula is C29H34N6O5. The Morgan fingerprint density at radius 1 is 1.30 bits per heavy atom. The van der Waals surface area contributed by atoms with Crippen LogP contribution in [-0.4, -0.2) is 70.4 Å². The number of hydrogen-bond acceptors (Lipinski definition) is 8. The van der Waals surface area contributed by atoms with Gasteiger partial charge in [-0.3, -0.25) is 14.3 Å². The summed E-state index contributed by atoms with van der Waals surface area (Å²) in [4.78, 5) is 28.2. The highest BCUT2D eigenvalue weighted by atomic mass is 16.5. The van der Waals surface area contributed by atoms with Crippen LogP contribution in [0.3, 0.4) is 0 Å². The number of aromatic amines is 1. The minimum absolute atomic E-state index is 0.215. The van der Waals surface area contributed by atoms with Gasteiger partial charge >= 0.3 is 0 Å². The number of allylic oxidation sites excluding steroid dienone is 1. The standard InChI is InChI=1S/C20H19N3O4.C9H15N3O/c1-11-13(10-24)9-23-19(11)16(6-7-21)27-14-4-5-15-17(8-14)26-12(2)18(15)20(25)22-3;1-11-6-4-9(13,7-11)8-3-5-10-12(8)2/h4-10,21,23H,1-3H3,(H,22,25);3,5,13H,4,6-7H2,1-2H3/b16-6+,21-7?;. The number of furan rings is 1. The molecule has 0 aliphatic carbocycles. The topological polar surface area (TPSA) is 149 Å². The molecule has 5 rings (SSSR count). The second-order valence-electron chi connectivity index (χ2n) is 9.79. The smallest absolute Gasteiger partial charge is 0.255 e. The third kappa shape index (κ3) is 5.61. The summed E-state index contributed by atoms with van der Waals surface area (Å²) in [5, 5.41) is 25.0. The van der Waals surface area contributed by atoms with Gasteiger partial charge in [0.25, 0.3) is 5.91 Å². The predicted octanol–water partition coefficient (Wildman–Crippen LogP) is 3.56. The first-order chi connectivity index (χ1) is 19.1. The SMILES string of the molecule is CN1CCC(O)(c2ccnn2C)C1.CNC(=O)c1c(C)oc2cc(O/C(=C/C=N)c3[nH]cc(C=O)c3C)ccc12. The molecule has 4 N–H and O–H groups in total. The van der Waals surface area contributed by atoms with Crippen LogP contribution in [0.2, 0.25) is 0 Å². The Hall–Kier alpha value is -4.48. The van der Waals surface area contributed by atoms with Gasteiger partial charge < -0.3 is 34.9 Å². The van der Waals surface area contributed by atoms with E-state index in [0.717, 1.165) is 36.7 Å². The molecule has 11 nitrogen and oxygen atoms in total. The molecule has 210 valence electrons. The first kappa shape index (κ1) is 28.5. The van der Waals surface area contributed by atoms with E-state index in [-0.39, 0.29) is 5.91 Å². The van der Waals surface area contributed by atoms with E-state index in [1.807, 2.05) is 20.2 Å². The molecule has 1 aliphatic rings. The Morgan fingerprint density at radius 2 is 2.08 bits per heavy atom. The fourth-order valence-electron chi connectivity index (χ4n) is 4.95. The number of β-amino-alcohol motifs (C(OH)–C–C–N with tert-alkyl or cyclic N) is 1. The number of carbonyl (C=O) groups excluding carboxylic acids is 2. The number of fused-ring (bicyclic) bond motifs is 1. The monoisotopic (exact) mass is 546 g/mol. The number of ether oxygens (including phenoxy) is 1. The molecule has 4 aromatic rings. The van der Waals surface area contributed by atoms with E-state index in [4.69, 9.17) is 14.6 Å². The van der Waals surface area contributed by atoms with E-state index in [1.165, 1.54) is 6.08 Å². The van der Waals surface area contributed by atoms with Gasteiger partial charge in [-0.05, 0) is 51.1 Å². The normalized spacial score (nSPS) is 17.4. The summed E-state index contributed by atoms with van der Waals surface area (Å²) in [6, 6.07) is 7.05. The van der Waals surface area contributed by atoms with Gasteiger partial charge in [-0.1, -0.05) is 0 Å². The van der Waals surface area contributed by atoms with E-state index in [9.17, 15) is 14.7 Å². The molecule has 11 heteroatoms. The average molecular weight is 547 g/mol. The summed E-state index contributed by atoms with van der Waals surface area (Å²) in [7, 11) is 5.46. The predicted molar refractivity (Wildman–Crippen MR) is 152 cm³/mol. The van der Waals surface area contributed by atoms with Crippen molar-refractivity contribution in [1.82, 2.24) is 25.0 Å². The van der Waals surface area contributed by atoms with Crippen LogP contribution in [0, 0.1) is 19.3 Å². The van der Waals surface area contributed by atoms with E-state index in [0.29, 0.717) is 51.6 Å². The molecule has 1 fully saturated rings. The molecule has 1 unspecified atom stereocenters. The Bertz CT molecular complexity index is 1580. The van der Waals surface area contributed by atoms with Gasteiger partial charge in [0.2, 0.25) is 0 Å². The number of hydrogen-bond donors (Lipinski definition) is 4. The molecular weight excluding hydrogens is 512 g/mol. The maximum atomic E-state index is 12.0. The van der Waals surface area contributed by atoms with Crippen molar-refractivity contribution in [3.8, 4) is 5.75 Å². The third-order valence-corrected chi connectivity index (χ3v) is 7.04. The molecule has 0 bridgehead atoms. The number of aryl methyl sites for hydroxylation is 2. The Morgan fingerprint density at radius 3 is 2.65 bits per heavy atom. The molecule has 1 aromatic carbocycles. The lowest BCUT2D eigenvalue weighted by Gasteiger charge is -2.22. The zero-order chi connectivity index (χ0) is 29.0. The van der Waals surface area contributed by atoms with E-state index < -0.39 is 5.60 Å². The number of likely N-dealkylation sites (tertiary alicyclic amines) is 1. The highest BCUT2D eigenvalue weighted by Crippen LogP contribution is 2.32. The highest BCUT2D eigenvalue weighted by molar-refractivity contribution is 6.07. The lowest BCUT2D eigenvalue weighted by molar-refractivity contribution is 0.0406. The number of aliphatic hydroxyl groups is 1. The van der Waals surface area contributed by atoms with Crippen molar-refractivity contribution in [1.29, 1.82) is 5.41 Å². The largest absolute Gasteiger partial charge is 0.460 e. The molecule has 4 heterocycles. The van der Waals surface area contributed by atoms with Gasteiger partial charge in [0.15, 0.2) is 12.0 Å². The molecule has 40 heavy (non-hydrogen) atoms. The molecule has 1 saturated heterocycles. The highest BCUT2D eigenvalue weighted by Gasteiger charge is 2.38. The second kappa shape index (κ2) is 11.7. The number of amides is 1. The van der Waals surface area contributed by atoms with Crippen molar-refractivity contribution < 1.29 is 23.8 Å². The van der Waals surface area contributed by atoms with Crippen LogP contribution in [0.25, 0.3) is 16.7 Å². The van der Waals surface area contributed by atoms with Crippen LogP contribution in [-0.2, 0) is 12.6 Å². The lowest BCUT2D eigenvalue weighted by Crippen LogP contribution is -2.31. The van der Waals surface area contributed by atoms with Crippen molar-refractivity contribution in [2.45, 2.75) is 25.9 Å². The molecule has 1 aliphatic heterocycles. The van der Waals surface area contributed by atoms with Crippen molar-refractivity contribution in [2.24, 2.45) is 7.05 Å². The van der Waals surface area contributed by atoms with Gasteiger partial charge in [0.1, 0.15) is 22.7 Å². The maximum absolute atomic E-state index is 12.0. The number of aldehydes is 1. The molecule has 0 saturated carbocycles. The van der Waals surface area contributed by atoms with Crippen molar-refractivity contribution in [2.75, 3.05) is 27.2 Å². The number of aromatic nitrogens is 3. The minimum Gasteiger partial charge on any atom is -0.460 e. The van der Waals surface area contributed by atoms with Crippen molar-refractivity contribution in [3.05, 3.63) is 76.6 Å². The lowest BCUT2D eigenvalue weighted by atomic mass is 9.99. The Labute approximate surface area is 231 Å². The molecule has 1 amide bonds. The zero-order valence-electron chi connectivity index (χ0n) is 23.2. The Balaban J connectivity index is 0.000000236. The number of benzene rings is 1. The summed E-state index contributed by atoms with van der Waals surface area (Å²) in [6.07, 6.45) is 7.47. The van der Waals surface area contributed by atoms with E-state index in [1.54, 1.807) is 56.2 Å². The molecule has 0 spiro atoms. The average Bonchev–Trinajstić information content (AvgIpc) is 3.69. The zero-order valence-corrected chi connectivity index (χ0v) is 23.2. The van der Waals surface area contributed by atoms with Crippen LogP contribution < -0.4 is 10.1 Å². The number of likely N-dealkylation sites (N-methyl/N-ethyl adjacent to an activating group) is 1. The number of nitrogens with one attached hydrogen (secondary N) is 3. The fourth-order valence-corrected chi connectivity index (χ4v) is 4.95. The minimum atomic E-state index is -0.694. The van der Waals surface area contributed by atoms with Gasteiger partial charge in [-0.15, -0.1) is 0 Å². The number of rotatable bonds is 7. The Kier molecular flexibility index (Phi) is 8.36. The van der Waals surface area contributed by atoms with Gasteiger partial charge in [0.05, 0.1) is 17.0 Å². The third-order valence-electron chi connectivity index (χ3n) is 7.04. The molecule has 1 atom stereocenters. The molecule has 3 aromatic heterocycles. The summed E-state index contributed by atoms with van der Waals surface area (Å²) >= 11 is 0. The van der Waals surface area contributed by atoms with E-state index >= 15 is 0 Å². The van der Waals surface area contributed by atoms with Crippen molar-refractivity contribution >= 4 is 35.1 Å². The first-order valence-corrected chi connectivity index (χ1v) is 12.8. The van der Waals surface area contributed by atoms with Crippen LogP contribution in [0.1, 0.15) is 49.8 Å². The summed E-state index contributed by atoms with van der Waals surface area (Å²) in [5.41, 5.74) is 3.10. The summed E-state index contributed by atoms with van der Waals surface area (Å²) in [5.74, 6) is 1.18. The number of carbonyl (C=O) groups is 2. The second-order valence-corrected chi connectivity index (χ2v) is 9.79. The maximum Gasteiger partial charge on any atom is 0.255 e. The molecule has 0 radical (unpaired) electrons. The number of H-pyrrole nitrogens is 1. The fraction of sp³-hybridized carbons (Fsp3) is 0.310. The summed E-state index contributed by atoms with van der Waals surface area (Å²) in [6.45, 7) is 5.17. The van der Waals surface area contributed by atoms with Crippen LogP contribution >= 0.6 is 0 Å². The van der Waals surface area contributed by atoms with Crippen LogP contribution in [0.5, 0.6) is 5.75 Å². The quantitative estimate of drug-likeness (QED) is 0.157. The first-order valence-electron chi connectivity index (χ1n) is 12.8. The van der Waals surface area contributed by atoms with Crippen LogP contribution in [0.15, 0.2) is 47.2 Å². The van der Waals surface area contributed by atoms with E-state index in [2.05, 4.69) is 20.3 Å². The number of nitrogens with zero attached hydrogens (tertiary/aromatic N) is 3. The van der Waals surface area contributed by atoms with Crippen LogP contribution in [0.4, 0.5) is 0 Å².